The average molecular weight is 547 g/mol. The summed E-state index contributed by atoms with van der Waals surface area (Å²) in [6.07, 6.45) is 0. The third-order valence-corrected chi connectivity index (χ3v) is 9.83. The fraction of sp³-hybridized carbons (Fsp3) is 0.0698. The van der Waals surface area contributed by atoms with Gasteiger partial charge in [-0.2, -0.15) is 0 Å². The van der Waals surface area contributed by atoms with E-state index in [1.807, 2.05) is 0 Å². The molecule has 0 spiro atoms. The van der Waals surface area contributed by atoms with Crippen LogP contribution in [0.5, 0.6) is 0 Å². The average Bonchev–Trinajstić information content (AvgIpc) is 3.29. The summed E-state index contributed by atoms with van der Waals surface area (Å²) in [4.78, 5) is 0. The molecule has 0 aliphatic heterocycles. The van der Waals surface area contributed by atoms with E-state index in [0.717, 1.165) is 0 Å². The van der Waals surface area contributed by atoms with Gasteiger partial charge in [0, 0.05) is 5.41 Å². The molecule has 0 heterocycles. The van der Waals surface area contributed by atoms with Crippen molar-refractivity contribution < 1.29 is 0 Å². The van der Waals surface area contributed by atoms with Gasteiger partial charge in [-0.1, -0.05) is 153 Å². The van der Waals surface area contributed by atoms with Crippen molar-refractivity contribution in [1.82, 2.24) is 0 Å². The largest absolute Gasteiger partial charge is 0.0622 e. The van der Waals surface area contributed by atoms with E-state index in [2.05, 4.69) is 159 Å². The molecule has 1 aliphatic rings. The van der Waals surface area contributed by atoms with Crippen molar-refractivity contribution in [2.24, 2.45) is 0 Å². The molecule has 0 radical (unpaired) electrons. The molecule has 0 unspecified atom stereocenters. The van der Waals surface area contributed by atoms with E-state index in [-0.39, 0.29) is 5.41 Å². The van der Waals surface area contributed by atoms with E-state index in [9.17, 15) is 0 Å². The molecular weight excluding hydrogens is 516 g/mol. The molecule has 43 heavy (non-hydrogen) atoms. The topological polar surface area (TPSA) is 0 Å². The van der Waals surface area contributed by atoms with E-state index >= 15 is 0 Å². The lowest BCUT2D eigenvalue weighted by molar-refractivity contribution is 0.661. The van der Waals surface area contributed by atoms with Crippen LogP contribution in [0.3, 0.4) is 0 Å². The van der Waals surface area contributed by atoms with Gasteiger partial charge in [-0.15, -0.1) is 0 Å². The molecule has 0 saturated carbocycles. The van der Waals surface area contributed by atoms with Gasteiger partial charge in [0.1, 0.15) is 0 Å². The molecule has 0 aromatic heterocycles. The maximum atomic E-state index is 2.49. The highest BCUT2D eigenvalue weighted by Crippen LogP contribution is 2.53. The van der Waals surface area contributed by atoms with E-state index in [0.29, 0.717) is 0 Å². The first-order valence-electron chi connectivity index (χ1n) is 15.2. The van der Waals surface area contributed by atoms with Crippen molar-refractivity contribution in [3.05, 3.63) is 157 Å². The van der Waals surface area contributed by atoms with E-state index in [4.69, 9.17) is 0 Å². The van der Waals surface area contributed by atoms with Gasteiger partial charge in [-0.3, -0.25) is 0 Å². The molecule has 0 heteroatoms. The SMILES string of the molecule is CC1(C)c2cc(-c3c4ccccc4c(-c4ccccc4)c4c3ccc3ccccc34)ccc2-c2c1ccc1ccccc21. The maximum absolute atomic E-state index is 2.49. The van der Waals surface area contributed by atoms with Crippen LogP contribution >= 0.6 is 0 Å². The molecule has 0 fully saturated rings. The summed E-state index contributed by atoms with van der Waals surface area (Å²) in [5, 5.41) is 10.4. The van der Waals surface area contributed by atoms with Crippen LogP contribution in [0.1, 0.15) is 25.0 Å². The second-order valence-corrected chi connectivity index (χ2v) is 12.5. The van der Waals surface area contributed by atoms with Crippen molar-refractivity contribution in [3.8, 4) is 33.4 Å². The Kier molecular flexibility index (Phi) is 5.05. The van der Waals surface area contributed by atoms with Crippen LogP contribution in [-0.4, -0.2) is 0 Å². The third-order valence-electron chi connectivity index (χ3n) is 9.83. The summed E-state index contributed by atoms with van der Waals surface area (Å²) in [5.41, 5.74) is 10.6. The summed E-state index contributed by atoms with van der Waals surface area (Å²) in [5.74, 6) is 0. The predicted molar refractivity (Wildman–Crippen MR) is 185 cm³/mol. The first kappa shape index (κ1) is 24.4. The highest BCUT2D eigenvalue weighted by atomic mass is 14.4. The first-order valence-corrected chi connectivity index (χ1v) is 15.2. The summed E-state index contributed by atoms with van der Waals surface area (Å²) in [7, 11) is 0. The van der Waals surface area contributed by atoms with Gasteiger partial charge >= 0.3 is 0 Å². The second kappa shape index (κ2) is 8.90. The second-order valence-electron chi connectivity index (χ2n) is 12.5. The van der Waals surface area contributed by atoms with Crippen LogP contribution in [0.25, 0.3) is 76.5 Å². The summed E-state index contributed by atoms with van der Waals surface area (Å²) in [6, 6.07) is 54.1. The summed E-state index contributed by atoms with van der Waals surface area (Å²) >= 11 is 0. The number of hydrogen-bond donors (Lipinski definition) is 0. The lowest BCUT2D eigenvalue weighted by Crippen LogP contribution is -2.15. The monoisotopic (exact) mass is 546 g/mol. The van der Waals surface area contributed by atoms with Crippen molar-refractivity contribution in [3.63, 3.8) is 0 Å². The Morgan fingerprint density at radius 3 is 1.74 bits per heavy atom. The zero-order chi connectivity index (χ0) is 28.7. The Bertz CT molecular complexity index is 2410. The molecule has 202 valence electrons. The molecular formula is C43H30. The molecule has 0 atom stereocenters. The van der Waals surface area contributed by atoms with Gasteiger partial charge < -0.3 is 0 Å². The van der Waals surface area contributed by atoms with Crippen LogP contribution in [0.4, 0.5) is 0 Å². The van der Waals surface area contributed by atoms with Crippen LogP contribution < -0.4 is 0 Å². The Morgan fingerprint density at radius 1 is 0.372 bits per heavy atom. The fourth-order valence-corrected chi connectivity index (χ4v) is 7.83. The zero-order valence-electron chi connectivity index (χ0n) is 24.4. The molecule has 1 aliphatic carbocycles. The lowest BCUT2D eigenvalue weighted by Gasteiger charge is -2.23. The Balaban J connectivity index is 1.41. The van der Waals surface area contributed by atoms with Crippen molar-refractivity contribution in [2.45, 2.75) is 19.3 Å². The molecule has 0 N–H and O–H groups in total. The molecule has 8 aromatic carbocycles. The zero-order valence-corrected chi connectivity index (χ0v) is 24.4. The lowest BCUT2D eigenvalue weighted by atomic mass is 9.80. The van der Waals surface area contributed by atoms with E-state index < -0.39 is 0 Å². The quantitative estimate of drug-likeness (QED) is 0.149. The number of benzene rings is 8. The molecule has 0 bridgehead atoms. The van der Waals surface area contributed by atoms with Gasteiger partial charge in [0.2, 0.25) is 0 Å². The predicted octanol–water partition coefficient (Wildman–Crippen LogP) is 11.9. The Morgan fingerprint density at radius 2 is 0.977 bits per heavy atom. The van der Waals surface area contributed by atoms with Gasteiger partial charge in [0.15, 0.2) is 0 Å². The normalized spacial score (nSPS) is 13.5. The first-order chi connectivity index (χ1) is 21.1. The van der Waals surface area contributed by atoms with Crippen molar-refractivity contribution in [2.75, 3.05) is 0 Å². The van der Waals surface area contributed by atoms with Crippen LogP contribution in [0.15, 0.2) is 146 Å². The minimum Gasteiger partial charge on any atom is -0.0622 e. The molecule has 0 amide bonds. The highest BCUT2D eigenvalue weighted by Gasteiger charge is 2.36. The van der Waals surface area contributed by atoms with E-state index in [1.54, 1.807) is 0 Å². The van der Waals surface area contributed by atoms with Gasteiger partial charge in [-0.05, 0) is 93.7 Å². The smallest absolute Gasteiger partial charge is 0.0159 e. The van der Waals surface area contributed by atoms with Crippen LogP contribution in [-0.2, 0) is 5.41 Å². The minimum atomic E-state index is -0.0903. The number of hydrogen-bond acceptors (Lipinski definition) is 0. The van der Waals surface area contributed by atoms with Gasteiger partial charge in [0.25, 0.3) is 0 Å². The van der Waals surface area contributed by atoms with Crippen LogP contribution in [0.2, 0.25) is 0 Å². The summed E-state index contributed by atoms with van der Waals surface area (Å²) < 4.78 is 0. The van der Waals surface area contributed by atoms with Crippen molar-refractivity contribution >= 4 is 43.1 Å². The van der Waals surface area contributed by atoms with E-state index in [1.165, 1.54) is 87.6 Å². The maximum Gasteiger partial charge on any atom is 0.0159 e. The highest BCUT2D eigenvalue weighted by molar-refractivity contribution is 6.28. The summed E-state index contributed by atoms with van der Waals surface area (Å²) in [6.45, 7) is 4.77. The number of fused-ring (bicyclic) bond motifs is 9. The molecule has 9 rings (SSSR count). The molecule has 0 saturated heterocycles. The standard InChI is InChI=1S/C43H30/c1-43(2)37-25-22-28-13-6-8-16-31(28)41(37)35-23-21-30(26-38(35)43)39-33-18-10-11-19-34(33)40(29-14-4-3-5-15-29)42-32-17-9-7-12-27(32)20-24-36(39)42/h3-26H,1-2H3. The minimum absolute atomic E-state index is 0.0903. The number of rotatable bonds is 2. The van der Waals surface area contributed by atoms with Gasteiger partial charge in [0.05, 0.1) is 0 Å². The van der Waals surface area contributed by atoms with Gasteiger partial charge in [-0.25, -0.2) is 0 Å². The fourth-order valence-electron chi connectivity index (χ4n) is 7.83. The Hall–Kier alpha value is -5.20. The van der Waals surface area contributed by atoms with Crippen molar-refractivity contribution in [1.29, 1.82) is 0 Å². The third kappa shape index (κ3) is 3.38. The van der Waals surface area contributed by atoms with Crippen LogP contribution in [0, 0.1) is 0 Å². The molecule has 0 nitrogen and oxygen atoms in total. The molecule has 8 aromatic rings. The Labute approximate surface area is 251 Å².